The van der Waals surface area contributed by atoms with Gasteiger partial charge in [0.1, 0.15) is 0 Å². The number of carbonyl (C=O) groups is 2. The number of aromatic carboxylic acids is 1. The average Bonchev–Trinajstić information content (AvgIpc) is 2.72. The van der Waals surface area contributed by atoms with Crippen LogP contribution < -0.4 is 10.2 Å². The van der Waals surface area contributed by atoms with E-state index in [0.717, 1.165) is 12.8 Å². The van der Waals surface area contributed by atoms with E-state index in [0.29, 0.717) is 0 Å². The van der Waals surface area contributed by atoms with Crippen LogP contribution in [0, 0.1) is 0 Å². The third-order valence-corrected chi connectivity index (χ3v) is 4.99. The molecule has 6 heteroatoms. The van der Waals surface area contributed by atoms with Gasteiger partial charge in [-0.05, 0) is 18.4 Å². The minimum absolute atomic E-state index is 0. The van der Waals surface area contributed by atoms with Crippen LogP contribution in [0.4, 0.5) is 0 Å². The summed E-state index contributed by atoms with van der Waals surface area (Å²) >= 11 is 0. The molecule has 0 amide bonds. The smallest absolute Gasteiger partial charge is 0.550 e. The molecule has 0 N–H and O–H groups in total. The number of rotatable bonds is 17. The number of aliphatic carboxylic acids is 1. The number of carbonyl (C=O) groups excluding carboxylic acids is 2. The maximum atomic E-state index is 10.2. The van der Waals surface area contributed by atoms with Crippen LogP contribution in [0.3, 0.4) is 0 Å². The molecule has 1 rings (SSSR count). The Kier molecular flexibility index (Phi) is 31.3. The monoisotopic (exact) mass is 492 g/mol. The van der Waals surface area contributed by atoms with Crippen molar-refractivity contribution in [3.05, 3.63) is 35.9 Å². The number of hydrogen-bond acceptors (Lipinski definition) is 4. The number of unbranched alkanes of at least 4 members (excludes halogenated alkanes) is 14. The third-order valence-electron chi connectivity index (χ3n) is 4.99. The Labute approximate surface area is 218 Å². The second kappa shape index (κ2) is 27.6. The van der Waals surface area contributed by atoms with Crippen LogP contribution >= 0.6 is 0 Å². The fourth-order valence-corrected chi connectivity index (χ4v) is 3.21. The second-order valence-corrected chi connectivity index (χ2v) is 7.73. The molecular formula is C25H40MgO4Zn+2. The topological polar surface area (TPSA) is 80.3 Å². The van der Waals surface area contributed by atoms with E-state index in [-0.39, 0.29) is 54.5 Å². The largest absolute Gasteiger partial charge is 2.00 e. The summed E-state index contributed by atoms with van der Waals surface area (Å²) in [7, 11) is 0. The number of carboxylic acid groups (broad SMARTS) is 2. The first-order valence-corrected chi connectivity index (χ1v) is 11.5. The van der Waals surface area contributed by atoms with E-state index in [1.807, 2.05) is 0 Å². The number of benzene rings is 1. The number of hydrogen-bond donors (Lipinski definition) is 0. The van der Waals surface area contributed by atoms with Gasteiger partial charge in [0.2, 0.25) is 0 Å². The van der Waals surface area contributed by atoms with Crippen LogP contribution in [0.15, 0.2) is 30.3 Å². The predicted octanol–water partition coefficient (Wildman–Crippen LogP) is 4.66. The third kappa shape index (κ3) is 27.5. The fourth-order valence-electron chi connectivity index (χ4n) is 3.21. The van der Waals surface area contributed by atoms with Crippen molar-refractivity contribution in [3.63, 3.8) is 0 Å². The quantitative estimate of drug-likeness (QED) is 0.233. The molecule has 0 aliphatic heterocycles. The molecule has 166 valence electrons. The van der Waals surface area contributed by atoms with Crippen molar-refractivity contribution in [2.45, 2.75) is 110 Å². The molecule has 1 aromatic rings. The molecule has 0 fully saturated rings. The van der Waals surface area contributed by atoms with Crippen LogP contribution in [-0.4, -0.2) is 35.0 Å². The summed E-state index contributed by atoms with van der Waals surface area (Å²) in [5, 5.41) is 20.3. The summed E-state index contributed by atoms with van der Waals surface area (Å²) in [6, 6.07) is 8.06. The minimum Gasteiger partial charge on any atom is -0.550 e. The summed E-state index contributed by atoms with van der Waals surface area (Å²) in [4.78, 5) is 20.3. The molecule has 0 radical (unpaired) electrons. The van der Waals surface area contributed by atoms with Crippen molar-refractivity contribution in [3.8, 4) is 0 Å². The van der Waals surface area contributed by atoms with Gasteiger partial charge < -0.3 is 19.8 Å². The molecule has 1 aromatic carbocycles. The van der Waals surface area contributed by atoms with E-state index in [9.17, 15) is 19.8 Å². The van der Waals surface area contributed by atoms with E-state index >= 15 is 0 Å². The Morgan fingerprint density at radius 2 is 1.00 bits per heavy atom. The van der Waals surface area contributed by atoms with Gasteiger partial charge in [0.05, 0.1) is 5.97 Å². The fraction of sp³-hybridized carbons (Fsp3) is 0.680. The molecule has 0 aliphatic rings. The van der Waals surface area contributed by atoms with E-state index in [4.69, 9.17) is 0 Å². The van der Waals surface area contributed by atoms with Gasteiger partial charge in [-0.3, -0.25) is 0 Å². The van der Waals surface area contributed by atoms with Crippen molar-refractivity contribution in [2.75, 3.05) is 0 Å². The van der Waals surface area contributed by atoms with Gasteiger partial charge in [-0.15, -0.1) is 0 Å². The molecule has 0 aromatic heterocycles. The Bertz CT molecular complexity index is 512. The normalized spacial score (nSPS) is 9.58. The van der Waals surface area contributed by atoms with Crippen LogP contribution in [0.2, 0.25) is 0 Å². The Hall–Kier alpha value is -0.450. The van der Waals surface area contributed by atoms with Gasteiger partial charge >= 0.3 is 42.5 Å². The standard InChI is InChI=1S/C18H36O2.C7H6O2.Mg.Zn/c1-2-3-4-5-6-7-8-9-10-11-12-13-14-15-16-17-18(19)20;8-7(9)6-4-2-1-3-5-6;;/h2-17H2,1H3,(H,19,20);1-5H,(H,8,9);;/q;;2*+2/p-2. The molecule has 0 atom stereocenters. The summed E-state index contributed by atoms with van der Waals surface area (Å²) in [6.45, 7) is 2.27. The molecule has 4 nitrogen and oxygen atoms in total. The first kappa shape index (κ1) is 35.1. The maximum Gasteiger partial charge on any atom is 2.00 e. The van der Waals surface area contributed by atoms with E-state index in [1.165, 1.54) is 95.6 Å². The Morgan fingerprint density at radius 3 is 1.29 bits per heavy atom. The molecule has 0 aliphatic carbocycles. The molecule has 0 spiro atoms. The van der Waals surface area contributed by atoms with Crippen LogP contribution in [-0.2, 0) is 24.3 Å². The molecule has 0 heterocycles. The summed E-state index contributed by atoms with van der Waals surface area (Å²) in [5.74, 6) is -2.03. The molecule has 31 heavy (non-hydrogen) atoms. The summed E-state index contributed by atoms with van der Waals surface area (Å²) < 4.78 is 0. The Balaban J connectivity index is -0.000000598. The van der Waals surface area contributed by atoms with Crippen molar-refractivity contribution < 1.29 is 39.3 Å². The van der Waals surface area contributed by atoms with Gasteiger partial charge in [-0.1, -0.05) is 127 Å². The van der Waals surface area contributed by atoms with Gasteiger partial charge in [0, 0.05) is 5.97 Å². The maximum absolute atomic E-state index is 10.2. The van der Waals surface area contributed by atoms with E-state index < -0.39 is 11.9 Å². The van der Waals surface area contributed by atoms with Crippen molar-refractivity contribution in [1.82, 2.24) is 0 Å². The number of carboxylic acids is 2. The zero-order chi connectivity index (χ0) is 21.6. The molecule has 0 saturated heterocycles. The van der Waals surface area contributed by atoms with Gasteiger partial charge in [0.25, 0.3) is 0 Å². The van der Waals surface area contributed by atoms with Crippen LogP contribution in [0.1, 0.15) is 120 Å². The molecule has 0 bridgehead atoms. The van der Waals surface area contributed by atoms with E-state index in [1.54, 1.807) is 18.2 Å². The summed E-state index contributed by atoms with van der Waals surface area (Å²) in [5.41, 5.74) is 0.220. The second-order valence-electron chi connectivity index (χ2n) is 7.73. The average molecular weight is 494 g/mol. The van der Waals surface area contributed by atoms with Gasteiger partial charge in [0.15, 0.2) is 0 Å². The molecular weight excluding hydrogens is 454 g/mol. The minimum atomic E-state index is -1.13. The zero-order valence-corrected chi connectivity index (χ0v) is 24.1. The predicted molar refractivity (Wildman–Crippen MR) is 121 cm³/mol. The van der Waals surface area contributed by atoms with E-state index in [2.05, 4.69) is 6.92 Å². The van der Waals surface area contributed by atoms with Crippen molar-refractivity contribution in [1.29, 1.82) is 0 Å². The van der Waals surface area contributed by atoms with Crippen molar-refractivity contribution in [2.24, 2.45) is 0 Å². The van der Waals surface area contributed by atoms with Crippen molar-refractivity contribution >= 4 is 35.0 Å². The van der Waals surface area contributed by atoms with Gasteiger partial charge in [-0.25, -0.2) is 0 Å². The van der Waals surface area contributed by atoms with Crippen LogP contribution in [0.25, 0.3) is 0 Å². The Morgan fingerprint density at radius 1 is 0.645 bits per heavy atom. The zero-order valence-electron chi connectivity index (χ0n) is 19.7. The summed E-state index contributed by atoms with van der Waals surface area (Å²) in [6.07, 6.45) is 19.9. The molecule has 0 unspecified atom stereocenters. The SMILES string of the molecule is CCCCCCCCCCCCCCCCCC(=O)[O-].O=C([O-])c1ccccc1.[Mg+2].[Zn+2]. The van der Waals surface area contributed by atoms with Crippen LogP contribution in [0.5, 0.6) is 0 Å². The first-order valence-electron chi connectivity index (χ1n) is 11.5. The van der Waals surface area contributed by atoms with Gasteiger partial charge in [-0.2, -0.15) is 0 Å². The first-order chi connectivity index (χ1) is 14.1. The molecule has 0 saturated carbocycles.